The Kier molecular flexibility index (Phi) is 11.3. The van der Waals surface area contributed by atoms with E-state index in [-0.39, 0.29) is 13.2 Å². The molecule has 2 aromatic rings. The van der Waals surface area contributed by atoms with Crippen LogP contribution in [-0.4, -0.2) is 75.4 Å². The van der Waals surface area contributed by atoms with Crippen LogP contribution in [0.25, 0.3) is 0 Å². The Balaban J connectivity index is 1.92. The van der Waals surface area contributed by atoms with Gasteiger partial charge in [0.05, 0.1) is 51.7 Å². The molecule has 0 saturated carbocycles. The fraction of sp³-hybridized carbons (Fsp3) is 0.467. The van der Waals surface area contributed by atoms with E-state index in [1.165, 1.54) is 0 Å². The summed E-state index contributed by atoms with van der Waals surface area (Å²) in [6.45, 7) is 5.72. The Morgan fingerprint density at radius 2 is 1.02 bits per heavy atom. The molecule has 0 N–H and O–H groups in total. The first-order valence-corrected chi connectivity index (χ1v) is 13.3. The predicted molar refractivity (Wildman–Crippen MR) is 146 cm³/mol. The monoisotopic (exact) mass is 548 g/mol. The fourth-order valence-corrected chi connectivity index (χ4v) is 5.09. The van der Waals surface area contributed by atoms with Gasteiger partial charge < -0.3 is 18.9 Å². The van der Waals surface area contributed by atoms with Gasteiger partial charge in [-0.05, 0) is 49.2 Å². The maximum atomic E-state index is 12.8. The number of nitriles is 2. The van der Waals surface area contributed by atoms with Crippen LogP contribution in [0.2, 0.25) is 0 Å². The van der Waals surface area contributed by atoms with E-state index < -0.39 is 35.9 Å². The van der Waals surface area contributed by atoms with Crippen molar-refractivity contribution in [3.8, 4) is 23.6 Å². The molecular weight excluding hydrogens is 512 g/mol. The van der Waals surface area contributed by atoms with Gasteiger partial charge in [0, 0.05) is 26.2 Å². The molecule has 1 saturated heterocycles. The lowest BCUT2D eigenvalue weighted by Gasteiger charge is -2.43. The highest BCUT2D eigenvalue weighted by molar-refractivity contribution is 5.77. The van der Waals surface area contributed by atoms with Crippen molar-refractivity contribution in [2.45, 2.75) is 25.9 Å². The van der Waals surface area contributed by atoms with E-state index in [4.69, 9.17) is 18.9 Å². The molecule has 1 aliphatic heterocycles. The van der Waals surface area contributed by atoms with Gasteiger partial charge in [0.25, 0.3) is 0 Å². The zero-order chi connectivity index (χ0) is 29.1. The topological polar surface area (TPSA) is 125 Å². The number of rotatable bonds is 12. The van der Waals surface area contributed by atoms with Crippen molar-refractivity contribution in [2.75, 3.05) is 53.6 Å². The number of hydrogen-bond donors (Lipinski definition) is 0. The molecule has 0 aromatic heterocycles. The second kappa shape index (κ2) is 14.9. The summed E-state index contributed by atoms with van der Waals surface area (Å²) >= 11 is 0. The summed E-state index contributed by atoms with van der Waals surface area (Å²) in [5, 5.41) is 20.0. The highest BCUT2D eigenvalue weighted by Gasteiger charge is 2.41. The minimum atomic E-state index is -1.04. The molecule has 3 rings (SSSR count). The van der Waals surface area contributed by atoms with E-state index in [2.05, 4.69) is 21.9 Å². The van der Waals surface area contributed by atoms with Crippen LogP contribution in [-0.2, 0) is 19.1 Å². The normalized spacial score (nSPS) is 16.9. The molecule has 2 aromatic carbocycles. The summed E-state index contributed by atoms with van der Waals surface area (Å²) in [5.41, 5.74) is 1.59. The zero-order valence-electron chi connectivity index (χ0n) is 23.4. The first kappa shape index (κ1) is 30.4. The number of methoxy groups -OCH3 is 2. The van der Waals surface area contributed by atoms with Gasteiger partial charge in [0.1, 0.15) is 11.5 Å². The van der Waals surface area contributed by atoms with Gasteiger partial charge in [-0.15, -0.1) is 0 Å². The van der Waals surface area contributed by atoms with Gasteiger partial charge in [-0.1, -0.05) is 24.3 Å². The summed E-state index contributed by atoms with van der Waals surface area (Å²) in [4.78, 5) is 29.8. The third kappa shape index (κ3) is 7.09. The summed E-state index contributed by atoms with van der Waals surface area (Å²) in [5.74, 6) is -1.89. The molecule has 0 spiro atoms. The standard InChI is InChI=1S/C30H36N4O6/c1-5-39-29(35)25(19-31)27(21-7-11-23(37-3)12-8-21)33-15-17-34(18-16-33)28(26(20-32)30(36)40-6-2)22-9-13-24(38-4)14-10-22/h7-14,25-28H,5-6,15-18H2,1-4H3/t25-,26-,27+,28+/m1/s1. The molecule has 0 unspecified atom stereocenters. The third-order valence-electron chi connectivity index (χ3n) is 7.04. The number of ether oxygens (including phenoxy) is 4. The van der Waals surface area contributed by atoms with Gasteiger partial charge in [-0.2, -0.15) is 10.5 Å². The number of carbonyl (C=O) groups is 2. The summed E-state index contributed by atoms with van der Waals surface area (Å²) in [7, 11) is 3.15. The van der Waals surface area contributed by atoms with Gasteiger partial charge in [0.2, 0.25) is 0 Å². The van der Waals surface area contributed by atoms with E-state index >= 15 is 0 Å². The Bertz CT molecular complexity index is 1100. The third-order valence-corrected chi connectivity index (χ3v) is 7.04. The van der Waals surface area contributed by atoms with Crippen molar-refractivity contribution in [2.24, 2.45) is 11.8 Å². The second-order valence-corrected chi connectivity index (χ2v) is 9.23. The molecule has 4 atom stereocenters. The predicted octanol–water partition coefficient (Wildman–Crippen LogP) is 3.51. The molecule has 0 bridgehead atoms. The van der Waals surface area contributed by atoms with E-state index in [1.807, 2.05) is 24.3 Å². The summed E-state index contributed by atoms with van der Waals surface area (Å²) < 4.78 is 21.1. The lowest BCUT2D eigenvalue weighted by molar-refractivity contribution is -0.150. The van der Waals surface area contributed by atoms with Gasteiger partial charge >= 0.3 is 11.9 Å². The van der Waals surface area contributed by atoms with Crippen molar-refractivity contribution >= 4 is 11.9 Å². The van der Waals surface area contributed by atoms with Crippen LogP contribution in [0.4, 0.5) is 0 Å². The van der Waals surface area contributed by atoms with Gasteiger partial charge in [-0.25, -0.2) is 0 Å². The van der Waals surface area contributed by atoms with E-state index in [0.29, 0.717) is 37.7 Å². The minimum Gasteiger partial charge on any atom is -0.497 e. The number of hydrogen-bond acceptors (Lipinski definition) is 10. The first-order chi connectivity index (χ1) is 19.4. The molecule has 10 heteroatoms. The van der Waals surface area contributed by atoms with Gasteiger partial charge in [0.15, 0.2) is 11.8 Å². The smallest absolute Gasteiger partial charge is 0.325 e. The van der Waals surface area contributed by atoms with Crippen molar-refractivity contribution < 1.29 is 28.5 Å². The average molecular weight is 549 g/mol. The van der Waals surface area contributed by atoms with E-state index in [9.17, 15) is 20.1 Å². The number of benzene rings is 2. The highest BCUT2D eigenvalue weighted by Crippen LogP contribution is 2.36. The van der Waals surface area contributed by atoms with Crippen LogP contribution in [0.5, 0.6) is 11.5 Å². The quantitative estimate of drug-likeness (QED) is 0.364. The van der Waals surface area contributed by atoms with E-state index in [0.717, 1.165) is 11.1 Å². The molecule has 0 radical (unpaired) electrons. The summed E-state index contributed by atoms with van der Waals surface area (Å²) in [6, 6.07) is 17.8. The van der Waals surface area contributed by atoms with Crippen LogP contribution in [0.15, 0.2) is 48.5 Å². The van der Waals surface area contributed by atoms with Gasteiger partial charge in [-0.3, -0.25) is 19.4 Å². The molecular formula is C30H36N4O6. The average Bonchev–Trinajstić information content (AvgIpc) is 2.99. The fourth-order valence-electron chi connectivity index (χ4n) is 5.09. The Morgan fingerprint density at radius 1 is 0.700 bits per heavy atom. The van der Waals surface area contributed by atoms with Crippen LogP contribution >= 0.6 is 0 Å². The number of nitrogens with zero attached hydrogens (tertiary/aromatic N) is 4. The number of piperazine rings is 1. The lowest BCUT2D eigenvalue weighted by Crippen LogP contribution is -2.52. The highest BCUT2D eigenvalue weighted by atomic mass is 16.5. The molecule has 1 heterocycles. The van der Waals surface area contributed by atoms with Crippen molar-refractivity contribution in [1.82, 2.24) is 9.80 Å². The van der Waals surface area contributed by atoms with Crippen molar-refractivity contribution in [3.63, 3.8) is 0 Å². The first-order valence-electron chi connectivity index (χ1n) is 13.3. The molecule has 0 amide bonds. The molecule has 1 aliphatic rings. The van der Waals surface area contributed by atoms with Crippen LogP contribution in [0.3, 0.4) is 0 Å². The Hall–Kier alpha value is -4.12. The minimum absolute atomic E-state index is 0.174. The Labute approximate surface area is 235 Å². The maximum absolute atomic E-state index is 12.8. The number of esters is 2. The zero-order valence-corrected chi connectivity index (χ0v) is 23.4. The van der Waals surface area contributed by atoms with Crippen LogP contribution < -0.4 is 9.47 Å². The molecule has 212 valence electrons. The maximum Gasteiger partial charge on any atom is 0.325 e. The van der Waals surface area contributed by atoms with Crippen LogP contribution in [0.1, 0.15) is 37.1 Å². The van der Waals surface area contributed by atoms with Crippen molar-refractivity contribution in [3.05, 3.63) is 59.7 Å². The molecule has 10 nitrogen and oxygen atoms in total. The largest absolute Gasteiger partial charge is 0.497 e. The number of carbonyl (C=O) groups excluding carboxylic acids is 2. The molecule has 0 aliphatic carbocycles. The van der Waals surface area contributed by atoms with E-state index in [1.54, 1.807) is 52.3 Å². The van der Waals surface area contributed by atoms with Crippen LogP contribution in [0, 0.1) is 34.5 Å². The van der Waals surface area contributed by atoms with Crippen molar-refractivity contribution in [1.29, 1.82) is 10.5 Å². The second-order valence-electron chi connectivity index (χ2n) is 9.23. The SMILES string of the molecule is CCOC(=O)[C@H](C#N)[C@H](c1ccc(OC)cc1)N1CCN([C@@H](c2ccc(OC)cc2)[C@@H](C#N)C(=O)OCC)CC1. The summed E-state index contributed by atoms with van der Waals surface area (Å²) in [6.07, 6.45) is 0. The lowest BCUT2D eigenvalue weighted by atomic mass is 9.90. The Morgan fingerprint density at radius 3 is 1.27 bits per heavy atom. The molecule has 1 fully saturated rings. The molecule has 40 heavy (non-hydrogen) atoms.